The fourth-order valence-corrected chi connectivity index (χ4v) is 8.25. The van der Waals surface area contributed by atoms with Crippen molar-refractivity contribution in [2.75, 3.05) is 0 Å². The van der Waals surface area contributed by atoms with Gasteiger partial charge in [-0.2, -0.15) is 13.2 Å². The van der Waals surface area contributed by atoms with Crippen LogP contribution in [0.15, 0.2) is 11.1 Å². The standard InChI is InChI=1S/C21H27F3O2/c1-18-7-6-15(25)17(21(22,23)24)14(18)4-3-13-12(18)5-8-19(2)16(26)9-11-10-20(11,13)19/h11-13,16,26H,3-10H2,1-2H3/t11-,12?,13?,16+,18+,19+,20+/m0/s1. The van der Waals surface area contributed by atoms with Crippen molar-refractivity contribution >= 4 is 5.78 Å². The fraction of sp³-hybridized carbons (Fsp3) is 0.857. The van der Waals surface area contributed by atoms with E-state index in [4.69, 9.17) is 0 Å². The minimum Gasteiger partial charge on any atom is -0.393 e. The quantitative estimate of drug-likeness (QED) is 0.666. The molecule has 0 heterocycles. The van der Waals surface area contributed by atoms with E-state index in [2.05, 4.69) is 6.92 Å². The third-order valence-corrected chi connectivity index (χ3v) is 9.53. The maximum atomic E-state index is 13.7. The summed E-state index contributed by atoms with van der Waals surface area (Å²) in [5.74, 6) is 0.472. The largest absolute Gasteiger partial charge is 0.419 e. The van der Waals surface area contributed by atoms with Crippen molar-refractivity contribution in [3.8, 4) is 0 Å². The number of carbonyl (C=O) groups excluding carboxylic acids is 1. The molecule has 4 fully saturated rings. The van der Waals surface area contributed by atoms with Crippen molar-refractivity contribution in [2.45, 2.75) is 77.5 Å². The van der Waals surface area contributed by atoms with Crippen LogP contribution in [0.4, 0.5) is 13.2 Å². The molecule has 0 aliphatic heterocycles. The van der Waals surface area contributed by atoms with E-state index in [1.165, 1.54) is 0 Å². The summed E-state index contributed by atoms with van der Waals surface area (Å²) in [6.07, 6.45) is 0.735. The number of Topliss-reactive ketones (excluding diaryl/α,β-unsaturated/α-hetero) is 1. The smallest absolute Gasteiger partial charge is 0.393 e. The Morgan fingerprint density at radius 2 is 1.81 bits per heavy atom. The minimum absolute atomic E-state index is 0.0222. The summed E-state index contributed by atoms with van der Waals surface area (Å²) >= 11 is 0. The van der Waals surface area contributed by atoms with Crippen molar-refractivity contribution < 1.29 is 23.1 Å². The summed E-state index contributed by atoms with van der Waals surface area (Å²) in [7, 11) is 0. The number of rotatable bonds is 0. The van der Waals surface area contributed by atoms with E-state index in [0.29, 0.717) is 30.3 Å². The van der Waals surface area contributed by atoms with Gasteiger partial charge in [-0.1, -0.05) is 13.8 Å². The van der Waals surface area contributed by atoms with Gasteiger partial charge in [0, 0.05) is 6.42 Å². The monoisotopic (exact) mass is 368 g/mol. The van der Waals surface area contributed by atoms with Crippen LogP contribution in [0.3, 0.4) is 0 Å². The summed E-state index contributed by atoms with van der Waals surface area (Å²) < 4.78 is 41.0. The first-order valence-corrected chi connectivity index (χ1v) is 10.1. The lowest BCUT2D eigenvalue weighted by molar-refractivity contribution is -0.137. The van der Waals surface area contributed by atoms with Crippen LogP contribution in [0.25, 0.3) is 0 Å². The van der Waals surface area contributed by atoms with Gasteiger partial charge in [0.15, 0.2) is 5.78 Å². The Bertz CT molecular complexity index is 725. The van der Waals surface area contributed by atoms with Gasteiger partial charge in [-0.25, -0.2) is 0 Å². The van der Waals surface area contributed by atoms with Gasteiger partial charge >= 0.3 is 6.18 Å². The third kappa shape index (κ3) is 1.77. The molecule has 5 aliphatic rings. The van der Waals surface area contributed by atoms with Gasteiger partial charge in [0.25, 0.3) is 0 Å². The average molecular weight is 368 g/mol. The number of halogens is 3. The summed E-state index contributed by atoms with van der Waals surface area (Å²) in [5.41, 5.74) is -0.844. The van der Waals surface area contributed by atoms with Crippen LogP contribution < -0.4 is 0 Å². The molecule has 2 nitrogen and oxygen atoms in total. The van der Waals surface area contributed by atoms with Crippen LogP contribution in [0, 0.1) is 34.0 Å². The lowest BCUT2D eigenvalue weighted by Crippen LogP contribution is -2.54. The normalized spacial score (nSPS) is 52.9. The topological polar surface area (TPSA) is 37.3 Å². The Balaban J connectivity index is 1.60. The summed E-state index contributed by atoms with van der Waals surface area (Å²) in [6.45, 7) is 4.22. The summed E-state index contributed by atoms with van der Waals surface area (Å²) in [5, 5.41) is 10.6. The van der Waals surface area contributed by atoms with Gasteiger partial charge in [-0.05, 0) is 84.5 Å². The first-order chi connectivity index (χ1) is 12.1. The predicted molar refractivity (Wildman–Crippen MR) is 90.1 cm³/mol. The Morgan fingerprint density at radius 3 is 2.50 bits per heavy atom. The van der Waals surface area contributed by atoms with E-state index < -0.39 is 22.9 Å². The van der Waals surface area contributed by atoms with Crippen LogP contribution in [0.1, 0.15) is 65.2 Å². The number of aliphatic hydroxyl groups excluding tert-OH is 1. The SMILES string of the molecule is C[C@]12CCC(=O)C(C(F)(F)F)=C1CCC1C2CC[C@]2(C)[C@H](O)C[C@H]3C[C@]132. The molecule has 5 aliphatic carbocycles. The molecule has 0 saturated heterocycles. The Labute approximate surface area is 152 Å². The Morgan fingerprint density at radius 1 is 1.08 bits per heavy atom. The molecular formula is C21H27F3O2. The van der Waals surface area contributed by atoms with E-state index >= 15 is 0 Å². The number of hydrogen-bond acceptors (Lipinski definition) is 2. The van der Waals surface area contributed by atoms with Crippen LogP contribution >= 0.6 is 0 Å². The molecule has 7 atom stereocenters. The second-order valence-corrected chi connectivity index (χ2v) is 10.1. The van der Waals surface area contributed by atoms with Gasteiger partial charge in [-0.15, -0.1) is 0 Å². The molecule has 0 amide bonds. The predicted octanol–water partition coefficient (Wildman–Crippen LogP) is 4.81. The zero-order valence-corrected chi connectivity index (χ0v) is 15.5. The van der Waals surface area contributed by atoms with Crippen LogP contribution in [-0.2, 0) is 4.79 Å². The fourth-order valence-electron chi connectivity index (χ4n) is 8.25. The average Bonchev–Trinajstić information content (AvgIpc) is 3.20. The van der Waals surface area contributed by atoms with Crippen molar-refractivity contribution in [3.63, 3.8) is 0 Å². The lowest BCUT2D eigenvalue weighted by atomic mass is 9.45. The highest BCUT2D eigenvalue weighted by molar-refractivity contribution is 5.98. The molecular weight excluding hydrogens is 341 g/mol. The number of carbonyl (C=O) groups is 1. The van der Waals surface area contributed by atoms with E-state index in [9.17, 15) is 23.1 Å². The minimum atomic E-state index is -4.53. The zero-order valence-electron chi connectivity index (χ0n) is 15.5. The first kappa shape index (κ1) is 17.3. The van der Waals surface area contributed by atoms with Crippen LogP contribution in [-0.4, -0.2) is 23.2 Å². The summed E-state index contributed by atoms with van der Waals surface area (Å²) in [6, 6.07) is 0. The number of alkyl halides is 3. The first-order valence-electron chi connectivity index (χ1n) is 10.1. The molecule has 144 valence electrons. The molecule has 4 saturated carbocycles. The molecule has 0 aromatic carbocycles. The van der Waals surface area contributed by atoms with Gasteiger partial charge in [0.2, 0.25) is 0 Å². The molecule has 0 aromatic heterocycles. The van der Waals surface area contributed by atoms with E-state index in [0.717, 1.165) is 32.1 Å². The van der Waals surface area contributed by atoms with Crippen molar-refractivity contribution in [2.24, 2.45) is 34.0 Å². The van der Waals surface area contributed by atoms with Crippen LogP contribution in [0.2, 0.25) is 0 Å². The van der Waals surface area contributed by atoms with E-state index in [-0.39, 0.29) is 29.3 Å². The highest BCUT2D eigenvalue weighted by atomic mass is 19.4. The second kappa shape index (κ2) is 4.76. The number of allylic oxidation sites excluding steroid dienone is 1. The molecule has 0 bridgehead atoms. The van der Waals surface area contributed by atoms with E-state index in [1.54, 1.807) is 0 Å². The van der Waals surface area contributed by atoms with Crippen molar-refractivity contribution in [1.82, 2.24) is 0 Å². The number of aliphatic hydroxyl groups is 1. The highest BCUT2D eigenvalue weighted by Gasteiger charge is 2.78. The summed E-state index contributed by atoms with van der Waals surface area (Å²) in [4.78, 5) is 12.1. The molecule has 26 heavy (non-hydrogen) atoms. The molecule has 5 heteroatoms. The van der Waals surface area contributed by atoms with Gasteiger partial charge in [-0.3, -0.25) is 4.79 Å². The van der Waals surface area contributed by atoms with Crippen molar-refractivity contribution in [1.29, 1.82) is 0 Å². The Kier molecular flexibility index (Phi) is 3.16. The molecule has 1 spiro atoms. The van der Waals surface area contributed by atoms with Gasteiger partial charge in [0.1, 0.15) is 0 Å². The maximum absolute atomic E-state index is 13.7. The molecule has 5 rings (SSSR count). The molecule has 2 unspecified atom stereocenters. The number of ketones is 1. The Hall–Kier alpha value is -0.840. The third-order valence-electron chi connectivity index (χ3n) is 9.53. The number of fused-ring (bicyclic) bond motifs is 3. The maximum Gasteiger partial charge on any atom is 0.419 e. The highest BCUT2D eigenvalue weighted by Crippen LogP contribution is 2.82. The lowest BCUT2D eigenvalue weighted by Gasteiger charge is -2.59. The van der Waals surface area contributed by atoms with Crippen molar-refractivity contribution in [3.05, 3.63) is 11.1 Å². The zero-order chi connectivity index (χ0) is 18.7. The van der Waals surface area contributed by atoms with Crippen LogP contribution in [0.5, 0.6) is 0 Å². The van der Waals surface area contributed by atoms with Gasteiger partial charge in [0.05, 0.1) is 11.7 Å². The van der Waals surface area contributed by atoms with Gasteiger partial charge < -0.3 is 5.11 Å². The molecule has 0 aromatic rings. The molecule has 1 N–H and O–H groups in total. The number of hydrogen-bond donors (Lipinski definition) is 1. The second-order valence-electron chi connectivity index (χ2n) is 10.1. The molecule has 0 radical (unpaired) electrons. The van der Waals surface area contributed by atoms with E-state index in [1.807, 2.05) is 6.92 Å².